The summed E-state index contributed by atoms with van der Waals surface area (Å²) in [6.07, 6.45) is 0. The van der Waals surface area contributed by atoms with E-state index >= 15 is 0 Å². The van der Waals surface area contributed by atoms with Crippen molar-refractivity contribution in [1.82, 2.24) is 4.31 Å². The molecule has 2 aromatic carbocycles. The molecule has 0 amide bonds. The highest BCUT2D eigenvalue weighted by atomic mass is 32.2. The van der Waals surface area contributed by atoms with E-state index in [1.54, 1.807) is 13.0 Å². The van der Waals surface area contributed by atoms with E-state index in [2.05, 4.69) is 0 Å². The number of aliphatic hydroxyl groups is 1. The summed E-state index contributed by atoms with van der Waals surface area (Å²) in [6.45, 7) is 1.42. The number of halogens is 5. The van der Waals surface area contributed by atoms with Crippen molar-refractivity contribution < 1.29 is 35.5 Å². The lowest BCUT2D eigenvalue weighted by Gasteiger charge is -2.19. The molecule has 0 atom stereocenters. The molecule has 0 spiro atoms. The molecule has 11 heteroatoms. The maximum absolute atomic E-state index is 13.8. The van der Waals surface area contributed by atoms with Crippen LogP contribution in [0.4, 0.5) is 22.0 Å². The van der Waals surface area contributed by atoms with E-state index < -0.39 is 50.5 Å². The molecule has 0 unspecified atom stereocenters. The quantitative estimate of drug-likeness (QED) is 0.467. The SMILES string of the molecule is CCO.CN(Cc1ccccc1C#N)S(=O)(=O)c1c(F)c(F)c(F)c(F)c1F. The van der Waals surface area contributed by atoms with Crippen LogP contribution in [0.5, 0.6) is 0 Å². The lowest BCUT2D eigenvalue weighted by Crippen LogP contribution is -2.29. The van der Waals surface area contributed by atoms with Crippen molar-refractivity contribution in [3.63, 3.8) is 0 Å². The zero-order valence-electron chi connectivity index (χ0n) is 14.7. The maximum Gasteiger partial charge on any atom is 0.249 e. The molecule has 0 aliphatic carbocycles. The number of sulfonamides is 1. The molecule has 0 aromatic heterocycles. The van der Waals surface area contributed by atoms with Gasteiger partial charge in [-0.1, -0.05) is 18.2 Å². The van der Waals surface area contributed by atoms with Gasteiger partial charge in [0.25, 0.3) is 0 Å². The summed E-state index contributed by atoms with van der Waals surface area (Å²) >= 11 is 0. The van der Waals surface area contributed by atoms with E-state index in [0.29, 0.717) is 4.31 Å². The minimum Gasteiger partial charge on any atom is -0.397 e. The fourth-order valence-electron chi connectivity index (χ4n) is 2.06. The zero-order valence-corrected chi connectivity index (χ0v) is 15.5. The maximum atomic E-state index is 13.8. The lowest BCUT2D eigenvalue weighted by atomic mass is 10.1. The average Bonchev–Trinajstić information content (AvgIpc) is 2.65. The third-order valence-electron chi connectivity index (χ3n) is 3.37. The van der Waals surface area contributed by atoms with Crippen molar-refractivity contribution in [2.45, 2.75) is 18.4 Å². The lowest BCUT2D eigenvalue weighted by molar-refractivity contribution is 0.318. The van der Waals surface area contributed by atoms with Gasteiger partial charge in [0.1, 0.15) is 0 Å². The Bertz CT molecular complexity index is 978. The fraction of sp³-hybridized carbons (Fsp3) is 0.235. The predicted molar refractivity (Wildman–Crippen MR) is 88.8 cm³/mol. The van der Waals surface area contributed by atoms with Crippen LogP contribution in [-0.4, -0.2) is 31.5 Å². The molecule has 0 saturated heterocycles. The van der Waals surface area contributed by atoms with Gasteiger partial charge in [0.05, 0.1) is 11.6 Å². The van der Waals surface area contributed by atoms with Crippen molar-refractivity contribution in [3.05, 3.63) is 64.5 Å². The normalized spacial score (nSPS) is 11.0. The molecule has 0 bridgehead atoms. The molecular weight excluding hydrogens is 407 g/mol. The van der Waals surface area contributed by atoms with E-state index in [4.69, 9.17) is 10.4 Å². The van der Waals surface area contributed by atoms with Crippen LogP contribution in [0.2, 0.25) is 0 Å². The van der Waals surface area contributed by atoms with E-state index in [1.807, 2.05) is 0 Å². The Hall–Kier alpha value is -2.55. The average molecular weight is 422 g/mol. The van der Waals surface area contributed by atoms with Gasteiger partial charge in [-0.25, -0.2) is 30.4 Å². The topological polar surface area (TPSA) is 81.4 Å². The molecule has 0 radical (unpaired) electrons. The predicted octanol–water partition coefficient (Wildman–Crippen LogP) is 3.07. The molecule has 2 aromatic rings. The highest BCUT2D eigenvalue weighted by Gasteiger charge is 2.36. The first kappa shape index (κ1) is 23.5. The Balaban J connectivity index is 0.00000122. The molecule has 0 fully saturated rings. The second-order valence-electron chi connectivity index (χ2n) is 5.25. The molecule has 28 heavy (non-hydrogen) atoms. The van der Waals surface area contributed by atoms with Crippen LogP contribution in [-0.2, 0) is 16.6 Å². The number of benzene rings is 2. The first-order valence-electron chi connectivity index (χ1n) is 7.61. The minimum atomic E-state index is -5.06. The van der Waals surface area contributed by atoms with Crippen LogP contribution < -0.4 is 0 Å². The first-order valence-corrected chi connectivity index (χ1v) is 9.05. The second kappa shape index (κ2) is 9.59. The van der Waals surface area contributed by atoms with Gasteiger partial charge >= 0.3 is 0 Å². The minimum absolute atomic E-state index is 0.0990. The summed E-state index contributed by atoms with van der Waals surface area (Å²) in [6, 6.07) is 7.59. The second-order valence-corrected chi connectivity index (χ2v) is 7.23. The smallest absolute Gasteiger partial charge is 0.249 e. The monoisotopic (exact) mass is 422 g/mol. The molecule has 5 nitrogen and oxygen atoms in total. The molecule has 152 valence electrons. The summed E-state index contributed by atoms with van der Waals surface area (Å²) in [5.74, 6) is -12.1. The van der Waals surface area contributed by atoms with E-state index in [0.717, 1.165) is 7.05 Å². The number of nitrogens with zero attached hydrogens (tertiary/aromatic N) is 2. The van der Waals surface area contributed by atoms with Crippen molar-refractivity contribution >= 4 is 10.0 Å². The van der Waals surface area contributed by atoms with Crippen molar-refractivity contribution in [2.24, 2.45) is 0 Å². The number of aliphatic hydroxyl groups excluding tert-OH is 1. The Morgan fingerprint density at radius 1 is 1.00 bits per heavy atom. The Kier molecular flexibility index (Phi) is 8.04. The molecule has 0 heterocycles. The van der Waals surface area contributed by atoms with Crippen LogP contribution in [0.3, 0.4) is 0 Å². The molecule has 1 N–H and O–H groups in total. The third kappa shape index (κ3) is 4.64. The number of hydrogen-bond acceptors (Lipinski definition) is 4. The molecule has 0 saturated carbocycles. The van der Waals surface area contributed by atoms with Crippen molar-refractivity contribution in [2.75, 3.05) is 13.7 Å². The number of nitriles is 1. The van der Waals surface area contributed by atoms with Gasteiger partial charge < -0.3 is 5.11 Å². The largest absolute Gasteiger partial charge is 0.397 e. The summed E-state index contributed by atoms with van der Waals surface area (Å²) in [5, 5.41) is 16.5. The van der Waals surface area contributed by atoms with Gasteiger partial charge in [-0.05, 0) is 18.6 Å². The van der Waals surface area contributed by atoms with Gasteiger partial charge in [-0.15, -0.1) is 0 Å². The summed E-state index contributed by atoms with van der Waals surface area (Å²) in [4.78, 5) is -1.94. The summed E-state index contributed by atoms with van der Waals surface area (Å²) in [7, 11) is -4.17. The van der Waals surface area contributed by atoms with E-state index in [9.17, 15) is 30.4 Å². The highest BCUT2D eigenvalue weighted by molar-refractivity contribution is 7.89. The highest BCUT2D eigenvalue weighted by Crippen LogP contribution is 2.29. The standard InChI is InChI=1S/C15H9F5N2O2S.C2H6O/c1-22(7-9-5-3-2-4-8(9)6-21)25(23,24)15-13(19)11(17)10(16)12(18)14(15)20;1-2-3/h2-5H,7H2,1H3;3H,2H2,1H3. The van der Waals surface area contributed by atoms with Crippen LogP contribution in [0.25, 0.3) is 0 Å². The molecular formula is C17H15F5N2O3S. The fourth-order valence-corrected chi connectivity index (χ4v) is 3.31. The van der Waals surface area contributed by atoms with Crippen molar-refractivity contribution in [1.29, 1.82) is 5.26 Å². The molecule has 2 rings (SSSR count). The number of hydrogen-bond donors (Lipinski definition) is 1. The Morgan fingerprint density at radius 3 is 1.89 bits per heavy atom. The Morgan fingerprint density at radius 2 is 1.43 bits per heavy atom. The number of rotatable bonds is 4. The van der Waals surface area contributed by atoms with E-state index in [1.165, 1.54) is 24.3 Å². The van der Waals surface area contributed by atoms with Crippen LogP contribution in [0.1, 0.15) is 18.1 Å². The van der Waals surface area contributed by atoms with Crippen LogP contribution in [0, 0.1) is 40.4 Å². The van der Waals surface area contributed by atoms with Crippen LogP contribution in [0.15, 0.2) is 29.2 Å². The zero-order chi connectivity index (χ0) is 21.6. The van der Waals surface area contributed by atoms with Gasteiger partial charge in [-0.3, -0.25) is 0 Å². The van der Waals surface area contributed by atoms with Crippen LogP contribution >= 0.6 is 0 Å². The molecule has 0 aliphatic rings. The van der Waals surface area contributed by atoms with Crippen molar-refractivity contribution in [3.8, 4) is 6.07 Å². The molecule has 0 aliphatic heterocycles. The van der Waals surface area contributed by atoms with E-state index in [-0.39, 0.29) is 17.7 Å². The summed E-state index contributed by atoms with van der Waals surface area (Å²) in [5.41, 5.74) is 0.293. The first-order chi connectivity index (χ1) is 13.0. The third-order valence-corrected chi connectivity index (χ3v) is 5.19. The van der Waals surface area contributed by atoms with Gasteiger partial charge in [-0.2, -0.15) is 9.57 Å². The summed E-state index contributed by atoms with van der Waals surface area (Å²) < 4.78 is 92.1. The van der Waals surface area contributed by atoms with Gasteiger partial charge in [0.15, 0.2) is 28.2 Å². The Labute approximate surface area is 158 Å². The van der Waals surface area contributed by atoms with Gasteiger partial charge in [0, 0.05) is 20.2 Å². The van der Waals surface area contributed by atoms with Gasteiger partial charge in [0.2, 0.25) is 15.8 Å².